The van der Waals surface area contributed by atoms with Crippen LogP contribution in [0.5, 0.6) is 0 Å². The lowest BCUT2D eigenvalue weighted by Crippen LogP contribution is -2.41. The molecule has 0 radical (unpaired) electrons. The van der Waals surface area contributed by atoms with E-state index in [1.165, 1.54) is 0 Å². The standard InChI is InChI=1S/C18H24BrN3O2/c1-18(2,3)24-17(23)20-14-6-8-15(9-7-14)22-11-12-4-5-13(19)10-16(12)21-22/h4-5,10-11,14-15H,6-9H2,1-3H3,(H,20,23). The number of fused-ring (bicyclic) bond motifs is 1. The zero-order valence-corrected chi connectivity index (χ0v) is 16.0. The summed E-state index contributed by atoms with van der Waals surface area (Å²) >= 11 is 3.49. The summed E-state index contributed by atoms with van der Waals surface area (Å²) < 4.78 is 8.46. The molecule has 0 atom stereocenters. The first kappa shape index (κ1) is 17.3. The first-order valence-electron chi connectivity index (χ1n) is 8.44. The smallest absolute Gasteiger partial charge is 0.407 e. The van der Waals surface area contributed by atoms with Crippen LogP contribution in [0, 0.1) is 0 Å². The molecule has 0 spiro atoms. The van der Waals surface area contributed by atoms with E-state index < -0.39 is 5.60 Å². The van der Waals surface area contributed by atoms with Gasteiger partial charge in [0.15, 0.2) is 0 Å². The van der Waals surface area contributed by atoms with E-state index in [1.807, 2.05) is 32.9 Å². The van der Waals surface area contributed by atoms with E-state index in [2.05, 4.69) is 38.2 Å². The molecule has 0 saturated heterocycles. The molecule has 6 heteroatoms. The third-order valence-corrected chi connectivity index (χ3v) is 4.77. The molecule has 5 nitrogen and oxygen atoms in total. The second-order valence-electron chi connectivity index (χ2n) is 7.46. The lowest BCUT2D eigenvalue weighted by Gasteiger charge is -2.30. The van der Waals surface area contributed by atoms with Crippen molar-refractivity contribution in [1.82, 2.24) is 15.1 Å². The van der Waals surface area contributed by atoms with Gasteiger partial charge in [-0.15, -0.1) is 0 Å². The lowest BCUT2D eigenvalue weighted by molar-refractivity contribution is 0.0487. The van der Waals surface area contributed by atoms with Crippen LogP contribution >= 0.6 is 15.9 Å². The van der Waals surface area contributed by atoms with E-state index in [1.54, 1.807) is 0 Å². The van der Waals surface area contributed by atoms with Crippen molar-refractivity contribution in [3.05, 3.63) is 28.9 Å². The highest BCUT2D eigenvalue weighted by atomic mass is 79.9. The molecular formula is C18H24BrN3O2. The number of rotatable bonds is 2. The van der Waals surface area contributed by atoms with Gasteiger partial charge in [-0.3, -0.25) is 4.68 Å². The minimum absolute atomic E-state index is 0.190. The molecule has 1 N–H and O–H groups in total. The summed E-state index contributed by atoms with van der Waals surface area (Å²) in [6.45, 7) is 5.64. The molecule has 1 heterocycles. The largest absolute Gasteiger partial charge is 0.444 e. The summed E-state index contributed by atoms with van der Waals surface area (Å²) in [6.07, 6.45) is 5.72. The number of hydrogen-bond acceptors (Lipinski definition) is 3. The maximum atomic E-state index is 11.9. The minimum atomic E-state index is -0.454. The van der Waals surface area contributed by atoms with Gasteiger partial charge in [0.25, 0.3) is 0 Å². The van der Waals surface area contributed by atoms with Gasteiger partial charge in [-0.05, 0) is 58.6 Å². The second kappa shape index (κ2) is 6.75. The molecule has 0 aliphatic heterocycles. The van der Waals surface area contributed by atoms with E-state index in [4.69, 9.17) is 9.84 Å². The number of amides is 1. The fraction of sp³-hybridized carbons (Fsp3) is 0.556. The number of halogens is 1. The van der Waals surface area contributed by atoms with E-state index in [0.717, 1.165) is 41.1 Å². The summed E-state index contributed by atoms with van der Waals surface area (Å²) in [5.41, 5.74) is 0.559. The van der Waals surface area contributed by atoms with Crippen molar-refractivity contribution >= 4 is 32.9 Å². The maximum Gasteiger partial charge on any atom is 0.407 e. The average Bonchev–Trinajstić information content (AvgIpc) is 2.89. The molecule has 1 saturated carbocycles. The summed E-state index contributed by atoms with van der Waals surface area (Å²) in [5, 5.41) is 8.85. The van der Waals surface area contributed by atoms with Gasteiger partial charge in [0.1, 0.15) is 5.60 Å². The fourth-order valence-electron chi connectivity index (χ4n) is 3.15. The molecule has 130 valence electrons. The number of ether oxygens (including phenoxy) is 1. The molecule has 1 aromatic carbocycles. The predicted molar refractivity (Wildman–Crippen MR) is 98.1 cm³/mol. The number of carbonyl (C=O) groups excluding carboxylic acids is 1. The Morgan fingerprint density at radius 1 is 1.29 bits per heavy atom. The van der Waals surface area contributed by atoms with Gasteiger partial charge >= 0.3 is 6.09 Å². The zero-order chi connectivity index (χ0) is 17.3. The molecule has 1 amide bonds. The Morgan fingerprint density at radius 3 is 2.67 bits per heavy atom. The molecule has 24 heavy (non-hydrogen) atoms. The highest BCUT2D eigenvalue weighted by molar-refractivity contribution is 9.10. The van der Waals surface area contributed by atoms with Crippen molar-refractivity contribution in [2.45, 2.75) is 64.1 Å². The summed E-state index contributed by atoms with van der Waals surface area (Å²) in [4.78, 5) is 11.9. The summed E-state index contributed by atoms with van der Waals surface area (Å²) in [6, 6.07) is 6.75. The normalized spacial score (nSPS) is 21.7. The van der Waals surface area contributed by atoms with Crippen LogP contribution in [0.2, 0.25) is 0 Å². The van der Waals surface area contributed by atoms with Gasteiger partial charge in [0.05, 0.1) is 11.6 Å². The Bertz CT molecular complexity index is 727. The van der Waals surface area contributed by atoms with Gasteiger partial charge in [0.2, 0.25) is 0 Å². The molecule has 3 rings (SSSR count). The van der Waals surface area contributed by atoms with Crippen molar-refractivity contribution in [2.75, 3.05) is 0 Å². The van der Waals surface area contributed by atoms with Gasteiger partial charge in [-0.1, -0.05) is 22.0 Å². The quantitative estimate of drug-likeness (QED) is 0.796. The highest BCUT2D eigenvalue weighted by Gasteiger charge is 2.26. The Labute approximate surface area is 150 Å². The fourth-order valence-corrected chi connectivity index (χ4v) is 3.50. The Hall–Kier alpha value is -1.56. The molecule has 1 aromatic heterocycles. The zero-order valence-electron chi connectivity index (χ0n) is 14.4. The second-order valence-corrected chi connectivity index (χ2v) is 8.38. The van der Waals surface area contributed by atoms with Crippen LogP contribution in [0.1, 0.15) is 52.5 Å². The molecule has 1 aliphatic rings. The predicted octanol–water partition coefficient (Wildman–Crippen LogP) is 4.81. The van der Waals surface area contributed by atoms with Crippen LogP contribution in [-0.2, 0) is 4.74 Å². The van der Waals surface area contributed by atoms with Crippen LogP contribution in [-0.4, -0.2) is 27.5 Å². The van der Waals surface area contributed by atoms with Crippen LogP contribution in [0.4, 0.5) is 4.79 Å². The SMILES string of the molecule is CC(C)(C)OC(=O)NC1CCC(n2cc3ccc(Br)cc3n2)CC1. The van der Waals surface area contributed by atoms with Crippen molar-refractivity contribution in [2.24, 2.45) is 0 Å². The summed E-state index contributed by atoms with van der Waals surface area (Å²) in [5.74, 6) is 0. The number of aromatic nitrogens is 2. The number of hydrogen-bond donors (Lipinski definition) is 1. The first-order chi connectivity index (χ1) is 11.3. The first-order valence-corrected chi connectivity index (χ1v) is 9.23. The number of benzene rings is 1. The third-order valence-electron chi connectivity index (χ3n) is 4.28. The van der Waals surface area contributed by atoms with Crippen molar-refractivity contribution in [3.63, 3.8) is 0 Å². The van der Waals surface area contributed by atoms with Crippen LogP contribution in [0.15, 0.2) is 28.9 Å². The molecule has 0 unspecified atom stereocenters. The van der Waals surface area contributed by atoms with Gasteiger partial charge in [-0.25, -0.2) is 4.79 Å². The Balaban J connectivity index is 1.57. The van der Waals surface area contributed by atoms with Gasteiger partial charge in [-0.2, -0.15) is 5.10 Å². The third kappa shape index (κ3) is 4.29. The molecule has 1 aliphatic carbocycles. The number of nitrogens with zero attached hydrogens (tertiary/aromatic N) is 2. The number of carbonyl (C=O) groups is 1. The van der Waals surface area contributed by atoms with Crippen LogP contribution in [0.3, 0.4) is 0 Å². The van der Waals surface area contributed by atoms with Crippen LogP contribution < -0.4 is 5.32 Å². The minimum Gasteiger partial charge on any atom is -0.444 e. The van der Waals surface area contributed by atoms with E-state index >= 15 is 0 Å². The molecular weight excluding hydrogens is 370 g/mol. The van der Waals surface area contributed by atoms with Crippen molar-refractivity contribution < 1.29 is 9.53 Å². The van der Waals surface area contributed by atoms with Gasteiger partial charge in [0, 0.05) is 22.1 Å². The maximum absolute atomic E-state index is 11.9. The topological polar surface area (TPSA) is 56.1 Å². The Kier molecular flexibility index (Phi) is 4.85. The monoisotopic (exact) mass is 393 g/mol. The van der Waals surface area contributed by atoms with Crippen LogP contribution in [0.25, 0.3) is 10.9 Å². The van der Waals surface area contributed by atoms with E-state index in [-0.39, 0.29) is 12.1 Å². The molecule has 1 fully saturated rings. The molecule has 0 bridgehead atoms. The summed E-state index contributed by atoms with van der Waals surface area (Å²) in [7, 11) is 0. The van der Waals surface area contributed by atoms with Gasteiger partial charge < -0.3 is 10.1 Å². The van der Waals surface area contributed by atoms with Crippen molar-refractivity contribution in [1.29, 1.82) is 0 Å². The lowest BCUT2D eigenvalue weighted by atomic mass is 9.91. The number of alkyl carbamates (subject to hydrolysis) is 1. The highest BCUT2D eigenvalue weighted by Crippen LogP contribution is 2.30. The van der Waals surface area contributed by atoms with Crippen molar-refractivity contribution in [3.8, 4) is 0 Å². The molecule has 2 aromatic rings. The van der Waals surface area contributed by atoms with E-state index in [9.17, 15) is 4.79 Å². The average molecular weight is 394 g/mol. The Morgan fingerprint density at radius 2 is 2.00 bits per heavy atom. The van der Waals surface area contributed by atoms with E-state index in [0.29, 0.717) is 6.04 Å². The number of nitrogens with one attached hydrogen (secondary N) is 1.